The van der Waals surface area contributed by atoms with Gasteiger partial charge in [-0.05, 0) is 54.5 Å². The van der Waals surface area contributed by atoms with Crippen LogP contribution in [0, 0.1) is 6.92 Å². The first-order chi connectivity index (χ1) is 15.9. The van der Waals surface area contributed by atoms with Crippen LogP contribution in [0.1, 0.15) is 37.4 Å². The molecule has 1 aliphatic carbocycles. The SMILES string of the molecule is COc1cccc(-c2c3c4c(cc(C)cc4n2-c2cccc(C(=O)O)c2)C=CC3=O)c1CO. The second-order valence-corrected chi connectivity index (χ2v) is 8.00. The van der Waals surface area contributed by atoms with Gasteiger partial charge >= 0.3 is 5.97 Å². The van der Waals surface area contributed by atoms with Crippen molar-refractivity contribution in [3.8, 4) is 22.7 Å². The smallest absolute Gasteiger partial charge is 0.335 e. The number of carboxylic acids is 1. The molecule has 0 bridgehead atoms. The zero-order chi connectivity index (χ0) is 23.3. The Kier molecular flexibility index (Phi) is 4.87. The van der Waals surface area contributed by atoms with E-state index < -0.39 is 5.97 Å². The van der Waals surface area contributed by atoms with Crippen LogP contribution in [0.2, 0.25) is 0 Å². The highest BCUT2D eigenvalue weighted by atomic mass is 16.5. The van der Waals surface area contributed by atoms with Crippen LogP contribution in [0.25, 0.3) is 33.9 Å². The molecule has 1 aliphatic rings. The molecular weight excluding hydrogens is 418 g/mol. The Hall–Kier alpha value is -4.16. The lowest BCUT2D eigenvalue weighted by molar-refractivity contribution is 0.0696. The van der Waals surface area contributed by atoms with Gasteiger partial charge in [-0.1, -0.05) is 30.3 Å². The van der Waals surface area contributed by atoms with Crippen LogP contribution in [-0.2, 0) is 6.61 Å². The van der Waals surface area contributed by atoms with Gasteiger partial charge in [0.05, 0.1) is 36.1 Å². The fraction of sp³-hybridized carbons (Fsp3) is 0.111. The third kappa shape index (κ3) is 3.15. The number of ether oxygens (including phenoxy) is 1. The zero-order valence-corrected chi connectivity index (χ0v) is 18.1. The van der Waals surface area contributed by atoms with Crippen molar-refractivity contribution in [1.82, 2.24) is 4.57 Å². The molecule has 6 heteroatoms. The molecule has 0 unspecified atom stereocenters. The molecule has 2 N–H and O–H groups in total. The molecule has 6 nitrogen and oxygen atoms in total. The highest BCUT2D eigenvalue weighted by Gasteiger charge is 2.29. The van der Waals surface area contributed by atoms with Crippen molar-refractivity contribution in [2.75, 3.05) is 7.11 Å². The Labute approximate surface area is 190 Å². The van der Waals surface area contributed by atoms with Crippen molar-refractivity contribution in [2.45, 2.75) is 13.5 Å². The number of rotatable bonds is 5. The Balaban J connectivity index is 1.99. The largest absolute Gasteiger partial charge is 0.496 e. The maximum Gasteiger partial charge on any atom is 0.335 e. The van der Waals surface area contributed by atoms with Crippen molar-refractivity contribution in [1.29, 1.82) is 0 Å². The minimum atomic E-state index is -1.04. The van der Waals surface area contributed by atoms with Crippen LogP contribution in [-0.4, -0.2) is 33.6 Å². The van der Waals surface area contributed by atoms with E-state index in [-0.39, 0.29) is 18.0 Å². The van der Waals surface area contributed by atoms with E-state index >= 15 is 0 Å². The van der Waals surface area contributed by atoms with Crippen molar-refractivity contribution in [3.05, 3.63) is 88.5 Å². The molecule has 5 rings (SSSR count). The average molecular weight is 439 g/mol. The number of aliphatic hydroxyl groups excluding tert-OH is 1. The number of nitrogens with zero attached hydrogens (tertiary/aromatic N) is 1. The van der Waals surface area contributed by atoms with Gasteiger partial charge in [0, 0.05) is 22.2 Å². The molecule has 0 radical (unpaired) electrons. The number of carboxylic acid groups (broad SMARTS) is 1. The molecule has 0 atom stereocenters. The van der Waals surface area contributed by atoms with E-state index in [0.717, 1.165) is 22.0 Å². The van der Waals surface area contributed by atoms with Gasteiger partial charge in [0.2, 0.25) is 0 Å². The number of benzene rings is 3. The van der Waals surface area contributed by atoms with Crippen LogP contribution in [0.4, 0.5) is 0 Å². The Morgan fingerprint density at radius 1 is 1.06 bits per heavy atom. The number of aromatic nitrogens is 1. The van der Waals surface area contributed by atoms with Gasteiger partial charge in [0.25, 0.3) is 0 Å². The topological polar surface area (TPSA) is 88.8 Å². The fourth-order valence-corrected chi connectivity index (χ4v) is 4.66. The molecule has 0 fully saturated rings. The third-order valence-electron chi connectivity index (χ3n) is 6.02. The predicted molar refractivity (Wildman–Crippen MR) is 126 cm³/mol. The van der Waals surface area contributed by atoms with Crippen molar-refractivity contribution >= 4 is 28.7 Å². The lowest BCUT2D eigenvalue weighted by Crippen LogP contribution is -2.06. The van der Waals surface area contributed by atoms with E-state index in [2.05, 4.69) is 0 Å². The van der Waals surface area contributed by atoms with Gasteiger partial charge in [-0.2, -0.15) is 0 Å². The van der Waals surface area contributed by atoms with Crippen LogP contribution < -0.4 is 4.74 Å². The first kappa shape index (κ1) is 20.7. The highest BCUT2D eigenvalue weighted by molar-refractivity contribution is 6.24. The summed E-state index contributed by atoms with van der Waals surface area (Å²) in [7, 11) is 1.53. The van der Waals surface area contributed by atoms with Gasteiger partial charge in [-0.15, -0.1) is 0 Å². The molecule has 1 heterocycles. The number of aryl methyl sites for hydroxylation is 1. The second kappa shape index (κ2) is 7.76. The number of carbonyl (C=O) groups excluding carboxylic acids is 1. The summed E-state index contributed by atoms with van der Waals surface area (Å²) in [6.07, 6.45) is 3.36. The fourth-order valence-electron chi connectivity index (χ4n) is 4.66. The molecular formula is C27H21NO5. The molecule has 0 amide bonds. The number of ketones is 1. The number of hydrogen-bond donors (Lipinski definition) is 2. The molecule has 0 saturated heterocycles. The number of hydrogen-bond acceptors (Lipinski definition) is 4. The van der Waals surface area contributed by atoms with Crippen LogP contribution >= 0.6 is 0 Å². The number of aromatic carboxylic acids is 1. The lowest BCUT2D eigenvalue weighted by Gasteiger charge is -2.17. The summed E-state index contributed by atoms with van der Waals surface area (Å²) in [6, 6.07) is 16.0. The second-order valence-electron chi connectivity index (χ2n) is 8.00. The van der Waals surface area contributed by atoms with Crippen molar-refractivity contribution in [2.24, 2.45) is 0 Å². The first-order valence-corrected chi connectivity index (χ1v) is 10.5. The van der Waals surface area contributed by atoms with E-state index in [1.54, 1.807) is 24.3 Å². The Morgan fingerprint density at radius 2 is 1.85 bits per heavy atom. The van der Waals surface area contributed by atoms with E-state index in [1.165, 1.54) is 13.2 Å². The van der Waals surface area contributed by atoms with Gasteiger partial charge in [0.15, 0.2) is 5.78 Å². The van der Waals surface area contributed by atoms with Crippen LogP contribution in [0.5, 0.6) is 5.75 Å². The van der Waals surface area contributed by atoms with Crippen LogP contribution in [0.15, 0.2) is 60.7 Å². The monoisotopic (exact) mass is 439 g/mol. The standard InChI is InChI=1S/C27H21NO5/c1-15-11-16-9-10-22(30)25-24(16)21(12-15)28(18-6-3-5-17(13-18)27(31)32)26(25)19-7-4-8-23(33-2)20(19)14-29/h3-13,29H,14H2,1-2H3,(H,31,32). The molecule has 4 aromatic rings. The molecule has 0 aliphatic heterocycles. The summed E-state index contributed by atoms with van der Waals surface area (Å²) in [5, 5.41) is 20.6. The van der Waals surface area contributed by atoms with E-state index in [9.17, 15) is 19.8 Å². The van der Waals surface area contributed by atoms with Gasteiger partial charge in [-0.3, -0.25) is 4.79 Å². The van der Waals surface area contributed by atoms with E-state index in [4.69, 9.17) is 4.74 Å². The minimum absolute atomic E-state index is 0.141. The summed E-state index contributed by atoms with van der Waals surface area (Å²) >= 11 is 0. The van der Waals surface area contributed by atoms with Gasteiger partial charge in [0.1, 0.15) is 5.75 Å². The first-order valence-electron chi connectivity index (χ1n) is 10.5. The van der Waals surface area contributed by atoms with E-state index in [0.29, 0.717) is 33.8 Å². The maximum absolute atomic E-state index is 13.2. The van der Waals surface area contributed by atoms with Gasteiger partial charge < -0.3 is 19.5 Å². The highest BCUT2D eigenvalue weighted by Crippen LogP contribution is 2.43. The average Bonchev–Trinajstić information content (AvgIpc) is 3.16. The lowest BCUT2D eigenvalue weighted by atomic mass is 9.92. The Morgan fingerprint density at radius 3 is 2.58 bits per heavy atom. The van der Waals surface area contributed by atoms with Gasteiger partial charge in [-0.25, -0.2) is 4.79 Å². The molecule has 0 spiro atoms. The zero-order valence-electron chi connectivity index (χ0n) is 18.1. The number of carbonyl (C=O) groups is 2. The third-order valence-corrected chi connectivity index (χ3v) is 6.02. The maximum atomic E-state index is 13.2. The Bertz CT molecular complexity index is 1490. The van der Waals surface area contributed by atoms with Crippen LogP contribution in [0.3, 0.4) is 0 Å². The normalized spacial score (nSPS) is 12.4. The molecule has 3 aromatic carbocycles. The number of aliphatic hydroxyl groups is 1. The number of allylic oxidation sites excluding steroid dienone is 1. The number of methoxy groups -OCH3 is 1. The quantitative estimate of drug-likeness (QED) is 0.456. The van der Waals surface area contributed by atoms with Crippen molar-refractivity contribution in [3.63, 3.8) is 0 Å². The molecule has 0 saturated carbocycles. The summed E-state index contributed by atoms with van der Waals surface area (Å²) in [5.41, 5.74) is 5.79. The molecule has 33 heavy (non-hydrogen) atoms. The summed E-state index contributed by atoms with van der Waals surface area (Å²) in [5.74, 6) is -0.675. The summed E-state index contributed by atoms with van der Waals surface area (Å²) in [6.45, 7) is 1.70. The predicted octanol–water partition coefficient (Wildman–Crippen LogP) is 5.01. The molecule has 164 valence electrons. The molecule has 1 aromatic heterocycles. The summed E-state index contributed by atoms with van der Waals surface area (Å²) < 4.78 is 7.39. The van der Waals surface area contributed by atoms with E-state index in [1.807, 2.05) is 47.9 Å². The van der Waals surface area contributed by atoms with Crippen molar-refractivity contribution < 1.29 is 24.5 Å². The summed E-state index contributed by atoms with van der Waals surface area (Å²) in [4.78, 5) is 24.9. The minimum Gasteiger partial charge on any atom is -0.496 e.